The molecule has 0 aliphatic heterocycles. The average Bonchev–Trinajstić information content (AvgIpc) is 2.87. The number of nitrogens with two attached hydrogens (primary N) is 1. The molecule has 1 amide bonds. The Kier molecular flexibility index (Phi) is 3.46. The fourth-order valence-electron chi connectivity index (χ4n) is 1.64. The molecule has 7 heteroatoms. The van der Waals surface area contributed by atoms with Crippen LogP contribution in [0.25, 0.3) is 0 Å². The second kappa shape index (κ2) is 5.05. The smallest absolute Gasteiger partial charge is 0.260 e. The van der Waals surface area contributed by atoms with Gasteiger partial charge >= 0.3 is 0 Å². The summed E-state index contributed by atoms with van der Waals surface area (Å²) < 4.78 is 27.3. The van der Waals surface area contributed by atoms with Crippen molar-refractivity contribution in [2.24, 2.45) is 0 Å². The van der Waals surface area contributed by atoms with Gasteiger partial charge in [0, 0.05) is 19.4 Å². The van der Waals surface area contributed by atoms with Gasteiger partial charge in [0.1, 0.15) is 17.2 Å². The van der Waals surface area contributed by atoms with E-state index in [-0.39, 0.29) is 12.2 Å². The zero-order chi connectivity index (χ0) is 14.0. The average molecular weight is 266 g/mol. The largest absolute Gasteiger partial charge is 0.396 e. The highest BCUT2D eigenvalue weighted by atomic mass is 19.1. The fraction of sp³-hybridized carbons (Fsp3) is 0.167. The number of nitrogens with zero attached hydrogens (tertiary/aromatic N) is 2. The van der Waals surface area contributed by atoms with Gasteiger partial charge in [0.05, 0.1) is 12.2 Å². The fourth-order valence-corrected chi connectivity index (χ4v) is 1.64. The Labute approximate surface area is 108 Å². The second-order valence-corrected chi connectivity index (χ2v) is 4.02. The van der Waals surface area contributed by atoms with Crippen LogP contribution in [0.2, 0.25) is 0 Å². The van der Waals surface area contributed by atoms with Crippen molar-refractivity contribution in [3.63, 3.8) is 0 Å². The zero-order valence-corrected chi connectivity index (χ0v) is 10.2. The van der Waals surface area contributed by atoms with E-state index >= 15 is 0 Å². The van der Waals surface area contributed by atoms with Crippen molar-refractivity contribution < 1.29 is 13.6 Å². The number of aromatic nitrogens is 2. The molecule has 19 heavy (non-hydrogen) atoms. The van der Waals surface area contributed by atoms with Gasteiger partial charge in [-0.25, -0.2) is 13.8 Å². The Bertz CT molecular complexity index is 598. The van der Waals surface area contributed by atoms with Gasteiger partial charge in [0.25, 0.3) is 5.91 Å². The molecule has 0 aliphatic carbocycles. The number of rotatable bonds is 3. The number of nitrogens with one attached hydrogen (secondary N) is 1. The zero-order valence-electron chi connectivity index (χ0n) is 10.2. The van der Waals surface area contributed by atoms with Crippen LogP contribution in [0.5, 0.6) is 0 Å². The molecular weight excluding hydrogens is 254 g/mol. The molecule has 1 aromatic heterocycles. The highest BCUT2D eigenvalue weighted by molar-refractivity contribution is 5.95. The molecule has 100 valence electrons. The van der Waals surface area contributed by atoms with Crippen LogP contribution in [-0.2, 0) is 6.54 Å². The van der Waals surface area contributed by atoms with Crippen molar-refractivity contribution in [1.82, 2.24) is 14.9 Å². The molecule has 0 fully saturated rings. The standard InChI is InChI=1S/C12H12F2N4O/c1-18(6-9-16-4-5-17-9)12(19)10-7(13)2-3-8(15)11(10)14/h2-5H,6,15H2,1H3,(H,16,17). The molecule has 5 nitrogen and oxygen atoms in total. The van der Waals surface area contributed by atoms with Gasteiger partial charge < -0.3 is 15.6 Å². The summed E-state index contributed by atoms with van der Waals surface area (Å²) in [6.07, 6.45) is 3.12. The van der Waals surface area contributed by atoms with E-state index in [9.17, 15) is 13.6 Å². The maximum atomic E-state index is 13.7. The minimum absolute atomic E-state index is 0.111. The van der Waals surface area contributed by atoms with Gasteiger partial charge in [-0.3, -0.25) is 4.79 Å². The lowest BCUT2D eigenvalue weighted by molar-refractivity contribution is 0.0772. The van der Waals surface area contributed by atoms with Crippen molar-refractivity contribution in [2.75, 3.05) is 12.8 Å². The Morgan fingerprint density at radius 2 is 2.21 bits per heavy atom. The third kappa shape index (κ3) is 2.54. The van der Waals surface area contributed by atoms with Gasteiger partial charge in [0.15, 0.2) is 5.82 Å². The van der Waals surface area contributed by atoms with Gasteiger partial charge in [-0.1, -0.05) is 0 Å². The maximum Gasteiger partial charge on any atom is 0.260 e. The highest BCUT2D eigenvalue weighted by Gasteiger charge is 2.23. The van der Waals surface area contributed by atoms with E-state index in [1.54, 1.807) is 6.20 Å². The van der Waals surface area contributed by atoms with E-state index in [0.717, 1.165) is 17.0 Å². The summed E-state index contributed by atoms with van der Waals surface area (Å²) in [6, 6.07) is 2.04. The molecule has 3 N–H and O–H groups in total. The van der Waals surface area contributed by atoms with E-state index in [1.165, 1.54) is 13.2 Å². The number of benzene rings is 1. The summed E-state index contributed by atoms with van der Waals surface area (Å²) in [5, 5.41) is 0. The van der Waals surface area contributed by atoms with Crippen molar-refractivity contribution in [1.29, 1.82) is 0 Å². The topological polar surface area (TPSA) is 75.0 Å². The lowest BCUT2D eigenvalue weighted by Gasteiger charge is -2.17. The molecule has 1 aromatic carbocycles. The molecule has 1 heterocycles. The molecule has 2 rings (SSSR count). The van der Waals surface area contributed by atoms with E-state index in [1.807, 2.05) is 0 Å². The first-order chi connectivity index (χ1) is 9.00. The number of hydrogen-bond acceptors (Lipinski definition) is 3. The minimum Gasteiger partial charge on any atom is -0.396 e. The number of imidazole rings is 1. The molecule has 0 saturated heterocycles. The summed E-state index contributed by atoms with van der Waals surface area (Å²) in [4.78, 5) is 19.9. The predicted molar refractivity (Wildman–Crippen MR) is 65.2 cm³/mol. The summed E-state index contributed by atoms with van der Waals surface area (Å²) in [5.74, 6) is -2.27. The summed E-state index contributed by atoms with van der Waals surface area (Å²) in [6.45, 7) is 0.111. The second-order valence-electron chi connectivity index (χ2n) is 4.02. The number of carbonyl (C=O) groups excluding carboxylic acids is 1. The number of aromatic amines is 1. The van der Waals surface area contributed by atoms with Crippen LogP contribution in [0, 0.1) is 11.6 Å². The molecule has 0 atom stereocenters. The molecule has 0 radical (unpaired) electrons. The molecular formula is C12H12F2N4O. The van der Waals surface area contributed by atoms with Crippen LogP contribution >= 0.6 is 0 Å². The van der Waals surface area contributed by atoms with Crippen LogP contribution in [0.3, 0.4) is 0 Å². The van der Waals surface area contributed by atoms with Crippen molar-refractivity contribution in [2.45, 2.75) is 6.54 Å². The number of amides is 1. The summed E-state index contributed by atoms with van der Waals surface area (Å²) >= 11 is 0. The van der Waals surface area contributed by atoms with Crippen LogP contribution in [0.1, 0.15) is 16.2 Å². The normalized spacial score (nSPS) is 10.5. The quantitative estimate of drug-likeness (QED) is 0.827. The first kappa shape index (κ1) is 13.0. The van der Waals surface area contributed by atoms with Crippen LogP contribution in [-0.4, -0.2) is 27.8 Å². The van der Waals surface area contributed by atoms with Gasteiger partial charge in [-0.15, -0.1) is 0 Å². The van der Waals surface area contributed by atoms with E-state index in [2.05, 4.69) is 9.97 Å². The summed E-state index contributed by atoms with van der Waals surface area (Å²) in [5.41, 5.74) is 4.41. The van der Waals surface area contributed by atoms with Crippen LogP contribution in [0.4, 0.5) is 14.5 Å². The van der Waals surface area contributed by atoms with Crippen LogP contribution < -0.4 is 5.73 Å². The van der Waals surface area contributed by atoms with E-state index < -0.39 is 23.1 Å². The Morgan fingerprint density at radius 1 is 1.47 bits per heavy atom. The number of H-pyrrole nitrogens is 1. The minimum atomic E-state index is -1.05. The number of halogens is 2. The molecule has 0 unspecified atom stereocenters. The SMILES string of the molecule is CN(Cc1ncc[nH]1)C(=O)c1c(F)ccc(N)c1F. The lowest BCUT2D eigenvalue weighted by Crippen LogP contribution is -2.28. The van der Waals surface area contributed by atoms with Crippen molar-refractivity contribution in [3.8, 4) is 0 Å². The van der Waals surface area contributed by atoms with Crippen LogP contribution in [0.15, 0.2) is 24.5 Å². The predicted octanol–water partition coefficient (Wildman–Crippen LogP) is 1.54. The van der Waals surface area contributed by atoms with Crippen molar-refractivity contribution in [3.05, 3.63) is 47.5 Å². The Morgan fingerprint density at radius 3 is 2.84 bits per heavy atom. The highest BCUT2D eigenvalue weighted by Crippen LogP contribution is 2.20. The third-order valence-corrected chi connectivity index (χ3v) is 2.62. The number of hydrogen-bond donors (Lipinski definition) is 2. The monoisotopic (exact) mass is 266 g/mol. The first-order valence-electron chi connectivity index (χ1n) is 5.48. The Balaban J connectivity index is 2.27. The third-order valence-electron chi connectivity index (χ3n) is 2.62. The lowest BCUT2D eigenvalue weighted by atomic mass is 10.1. The van der Waals surface area contributed by atoms with Gasteiger partial charge in [-0.05, 0) is 12.1 Å². The Hall–Kier alpha value is -2.44. The summed E-state index contributed by atoms with van der Waals surface area (Å²) in [7, 11) is 1.42. The molecule has 0 saturated carbocycles. The maximum absolute atomic E-state index is 13.7. The van der Waals surface area contributed by atoms with E-state index in [4.69, 9.17) is 5.73 Å². The molecule has 0 spiro atoms. The molecule has 0 bridgehead atoms. The van der Waals surface area contributed by atoms with Gasteiger partial charge in [-0.2, -0.15) is 0 Å². The number of anilines is 1. The first-order valence-corrected chi connectivity index (χ1v) is 5.48. The molecule has 0 aliphatic rings. The van der Waals surface area contributed by atoms with E-state index in [0.29, 0.717) is 5.82 Å². The number of nitrogen functional groups attached to an aromatic ring is 1. The van der Waals surface area contributed by atoms with Crippen molar-refractivity contribution >= 4 is 11.6 Å². The van der Waals surface area contributed by atoms with Gasteiger partial charge in [0.2, 0.25) is 0 Å². The number of carbonyl (C=O) groups is 1. The molecule has 2 aromatic rings.